The molecule has 0 radical (unpaired) electrons. The Hall–Kier alpha value is -2.21. The molecule has 0 aliphatic rings. The third-order valence-corrected chi connectivity index (χ3v) is 5.12. The molecule has 0 aliphatic heterocycles. The Labute approximate surface area is 163 Å². The minimum atomic E-state index is 0.618. The van der Waals surface area contributed by atoms with Crippen LogP contribution in [0.25, 0.3) is 0 Å². The number of rotatable bonds is 10. The summed E-state index contributed by atoms with van der Waals surface area (Å²) >= 11 is 0. The lowest BCUT2D eigenvalue weighted by atomic mass is 10.1. The van der Waals surface area contributed by atoms with Gasteiger partial charge in [0.05, 0.1) is 26.5 Å². The summed E-state index contributed by atoms with van der Waals surface area (Å²) in [7, 11) is 3.94. The van der Waals surface area contributed by atoms with Crippen molar-refractivity contribution in [1.29, 1.82) is 0 Å². The van der Waals surface area contributed by atoms with Crippen LogP contribution in [0.3, 0.4) is 0 Å². The standard InChI is InChI=1S/C21H35N6/c1-7-18(8-2)22-12-13-27(9-3)19-10-11-20(17(4)16-19)23-24-21-25(5)14-15-26(21)6/h10-11,14-16,18,22H,7-9,12-13H2,1-6H3/q+1. The van der Waals surface area contributed by atoms with E-state index in [4.69, 9.17) is 0 Å². The molecule has 6 heteroatoms. The molecule has 0 fully saturated rings. The molecule has 0 amide bonds. The number of nitrogens with zero attached hydrogens (tertiary/aromatic N) is 5. The van der Waals surface area contributed by atoms with Crippen molar-refractivity contribution in [1.82, 2.24) is 9.88 Å². The fourth-order valence-electron chi connectivity index (χ4n) is 3.22. The second kappa shape index (κ2) is 10.2. The van der Waals surface area contributed by atoms with Crippen LogP contribution in [-0.2, 0) is 14.1 Å². The molecule has 1 aromatic heterocycles. The lowest BCUT2D eigenvalue weighted by molar-refractivity contribution is -0.657. The monoisotopic (exact) mass is 371 g/mol. The number of nitrogens with one attached hydrogen (secondary N) is 1. The molecule has 27 heavy (non-hydrogen) atoms. The van der Waals surface area contributed by atoms with Crippen molar-refractivity contribution >= 4 is 17.3 Å². The Balaban J connectivity index is 2.05. The number of azo groups is 1. The van der Waals surface area contributed by atoms with E-state index in [9.17, 15) is 0 Å². The smallest absolute Gasteiger partial charge is 0.371 e. The van der Waals surface area contributed by atoms with Gasteiger partial charge in [-0.2, -0.15) is 0 Å². The van der Waals surface area contributed by atoms with Gasteiger partial charge in [-0.3, -0.25) is 0 Å². The molecule has 0 saturated heterocycles. The van der Waals surface area contributed by atoms with Gasteiger partial charge in [-0.15, -0.1) is 0 Å². The quantitative estimate of drug-likeness (QED) is 0.503. The van der Waals surface area contributed by atoms with E-state index < -0.39 is 0 Å². The molecule has 0 spiro atoms. The zero-order chi connectivity index (χ0) is 19.8. The minimum absolute atomic E-state index is 0.618. The fourth-order valence-corrected chi connectivity index (χ4v) is 3.22. The van der Waals surface area contributed by atoms with Gasteiger partial charge in [-0.05, 0) is 50.5 Å². The van der Waals surface area contributed by atoms with Crippen LogP contribution in [0.5, 0.6) is 0 Å². The molecule has 2 rings (SSSR count). The molecule has 1 heterocycles. The number of likely N-dealkylation sites (N-methyl/N-ethyl adjacent to an activating group) is 1. The molecule has 148 valence electrons. The lowest BCUT2D eigenvalue weighted by Gasteiger charge is -2.25. The SMILES string of the molecule is CCC(CC)NCCN(CC)c1ccc(N=Nc2n(C)cc[n+]2C)c(C)c1. The van der Waals surface area contributed by atoms with Gasteiger partial charge >= 0.3 is 5.95 Å². The predicted octanol–water partition coefficient (Wildman–Crippen LogP) is 4.18. The van der Waals surface area contributed by atoms with Gasteiger partial charge in [0.25, 0.3) is 0 Å². The third-order valence-electron chi connectivity index (χ3n) is 5.12. The zero-order valence-corrected chi connectivity index (χ0v) is 17.7. The van der Waals surface area contributed by atoms with E-state index in [1.807, 2.05) is 35.6 Å². The molecule has 0 bridgehead atoms. The summed E-state index contributed by atoms with van der Waals surface area (Å²) in [4.78, 5) is 2.40. The molecule has 2 aromatic rings. The highest BCUT2D eigenvalue weighted by molar-refractivity contribution is 5.57. The summed E-state index contributed by atoms with van der Waals surface area (Å²) in [6, 6.07) is 7.04. The molecule has 1 aromatic carbocycles. The first kappa shape index (κ1) is 21.1. The molecule has 0 aliphatic carbocycles. The van der Waals surface area contributed by atoms with Crippen LogP contribution < -0.4 is 14.8 Å². The average Bonchev–Trinajstić information content (AvgIpc) is 2.99. The van der Waals surface area contributed by atoms with Crippen LogP contribution >= 0.6 is 0 Å². The predicted molar refractivity (Wildman–Crippen MR) is 112 cm³/mol. The van der Waals surface area contributed by atoms with E-state index in [0.29, 0.717) is 6.04 Å². The third kappa shape index (κ3) is 5.63. The van der Waals surface area contributed by atoms with E-state index >= 15 is 0 Å². The second-order valence-corrected chi connectivity index (χ2v) is 7.04. The Kier molecular flexibility index (Phi) is 7.98. The summed E-state index contributed by atoms with van der Waals surface area (Å²) in [6.45, 7) is 11.8. The number of benzene rings is 1. The number of hydrogen-bond donors (Lipinski definition) is 1. The van der Waals surface area contributed by atoms with Crippen molar-refractivity contribution in [2.45, 2.75) is 46.6 Å². The largest absolute Gasteiger partial charge is 0.421 e. The molecular weight excluding hydrogens is 336 g/mol. The van der Waals surface area contributed by atoms with Crippen molar-refractivity contribution in [2.75, 3.05) is 24.5 Å². The fraction of sp³-hybridized carbons (Fsp3) is 0.571. The van der Waals surface area contributed by atoms with Crippen LogP contribution in [0.4, 0.5) is 17.3 Å². The Morgan fingerprint density at radius 1 is 1.19 bits per heavy atom. The summed E-state index contributed by atoms with van der Waals surface area (Å²) in [6.07, 6.45) is 6.30. The maximum absolute atomic E-state index is 4.46. The second-order valence-electron chi connectivity index (χ2n) is 7.04. The van der Waals surface area contributed by atoms with Gasteiger partial charge < -0.3 is 10.2 Å². The minimum Gasteiger partial charge on any atom is -0.371 e. The van der Waals surface area contributed by atoms with E-state index in [-0.39, 0.29) is 0 Å². The topological polar surface area (TPSA) is 48.8 Å². The zero-order valence-electron chi connectivity index (χ0n) is 17.7. The number of aryl methyl sites for hydroxylation is 3. The van der Waals surface area contributed by atoms with Crippen LogP contribution in [0, 0.1) is 6.92 Å². The average molecular weight is 372 g/mol. The first-order valence-electron chi connectivity index (χ1n) is 10.0. The number of hydrogen-bond acceptors (Lipinski definition) is 4. The van der Waals surface area contributed by atoms with Crippen molar-refractivity contribution in [2.24, 2.45) is 24.3 Å². The van der Waals surface area contributed by atoms with E-state index in [1.165, 1.54) is 18.5 Å². The highest BCUT2D eigenvalue weighted by Gasteiger charge is 2.12. The molecule has 1 N–H and O–H groups in total. The molecule has 0 unspecified atom stereocenters. The first-order chi connectivity index (χ1) is 13.0. The van der Waals surface area contributed by atoms with Gasteiger partial charge in [0, 0.05) is 36.5 Å². The van der Waals surface area contributed by atoms with Crippen molar-refractivity contribution in [3.05, 3.63) is 36.2 Å². The molecule has 6 nitrogen and oxygen atoms in total. The van der Waals surface area contributed by atoms with Gasteiger partial charge in [0.1, 0.15) is 5.69 Å². The normalized spacial score (nSPS) is 11.7. The van der Waals surface area contributed by atoms with E-state index in [0.717, 1.165) is 36.8 Å². The summed E-state index contributed by atoms with van der Waals surface area (Å²) < 4.78 is 3.91. The van der Waals surface area contributed by atoms with Gasteiger partial charge in [0.15, 0.2) is 0 Å². The van der Waals surface area contributed by atoms with E-state index in [2.05, 4.69) is 66.3 Å². The van der Waals surface area contributed by atoms with Crippen molar-refractivity contribution in [3.63, 3.8) is 0 Å². The molecular formula is C21H35N6+. The molecule has 0 saturated carbocycles. The summed E-state index contributed by atoms with van der Waals surface area (Å²) in [5.41, 5.74) is 3.29. The number of aromatic nitrogens is 2. The Morgan fingerprint density at radius 2 is 1.93 bits per heavy atom. The van der Waals surface area contributed by atoms with Gasteiger partial charge in [0.2, 0.25) is 0 Å². The number of anilines is 1. The summed E-state index contributed by atoms with van der Waals surface area (Å²) in [5.74, 6) is 0.820. The summed E-state index contributed by atoms with van der Waals surface area (Å²) in [5, 5.41) is 12.5. The maximum Gasteiger partial charge on any atom is 0.421 e. The van der Waals surface area contributed by atoms with Crippen molar-refractivity contribution in [3.8, 4) is 0 Å². The maximum atomic E-state index is 4.46. The Bertz CT molecular complexity index is 726. The van der Waals surface area contributed by atoms with Crippen LogP contribution in [-0.4, -0.2) is 30.2 Å². The highest BCUT2D eigenvalue weighted by atomic mass is 15.3. The van der Waals surface area contributed by atoms with E-state index in [1.54, 1.807) is 0 Å². The first-order valence-corrected chi connectivity index (χ1v) is 10.0. The van der Waals surface area contributed by atoms with Crippen LogP contribution in [0.15, 0.2) is 40.8 Å². The highest BCUT2D eigenvalue weighted by Crippen LogP contribution is 2.26. The van der Waals surface area contributed by atoms with Crippen molar-refractivity contribution < 1.29 is 4.57 Å². The van der Waals surface area contributed by atoms with Crippen LogP contribution in [0.2, 0.25) is 0 Å². The van der Waals surface area contributed by atoms with Gasteiger partial charge in [-0.25, -0.2) is 9.13 Å². The van der Waals surface area contributed by atoms with Crippen LogP contribution in [0.1, 0.15) is 39.2 Å². The molecule has 0 atom stereocenters. The Morgan fingerprint density at radius 3 is 2.48 bits per heavy atom. The lowest BCUT2D eigenvalue weighted by Crippen LogP contribution is -2.36. The van der Waals surface area contributed by atoms with Gasteiger partial charge in [-0.1, -0.05) is 19.0 Å². The number of imidazole rings is 1.